The summed E-state index contributed by atoms with van der Waals surface area (Å²) >= 11 is 0. The van der Waals surface area contributed by atoms with Crippen molar-refractivity contribution in [1.29, 1.82) is 0 Å². The quantitative estimate of drug-likeness (QED) is 0.824. The van der Waals surface area contributed by atoms with Crippen molar-refractivity contribution >= 4 is 16.6 Å². The minimum Gasteiger partial charge on any atom is -0.380 e. The van der Waals surface area contributed by atoms with Crippen molar-refractivity contribution in [1.82, 2.24) is 10.2 Å². The summed E-state index contributed by atoms with van der Waals surface area (Å²) in [7, 11) is 0. The van der Waals surface area contributed by atoms with Crippen molar-refractivity contribution in [2.45, 2.75) is 45.1 Å². The van der Waals surface area contributed by atoms with Crippen LogP contribution in [0.1, 0.15) is 39.0 Å². The Morgan fingerprint density at radius 2 is 1.95 bits per heavy atom. The maximum Gasteiger partial charge on any atom is 0.0950 e. The van der Waals surface area contributed by atoms with Crippen LogP contribution in [0.4, 0.5) is 5.69 Å². The first kappa shape index (κ1) is 12.4. The third kappa shape index (κ3) is 2.70. The highest BCUT2D eigenvalue weighted by molar-refractivity contribution is 5.90. The zero-order valence-electron chi connectivity index (χ0n) is 11.5. The molecule has 1 aromatic heterocycles. The molecule has 0 spiro atoms. The maximum atomic E-state index is 4.18. The monoisotopic (exact) mass is 255 g/mol. The van der Waals surface area contributed by atoms with Gasteiger partial charge in [0.05, 0.1) is 17.4 Å². The molecule has 2 atom stereocenters. The molecule has 2 aromatic rings. The predicted octanol–water partition coefficient (Wildman–Crippen LogP) is 4.01. The third-order valence-corrected chi connectivity index (χ3v) is 4.25. The molecule has 3 rings (SSSR count). The van der Waals surface area contributed by atoms with Gasteiger partial charge in [0, 0.05) is 11.4 Å². The largest absolute Gasteiger partial charge is 0.380 e. The first-order chi connectivity index (χ1) is 9.34. The zero-order chi connectivity index (χ0) is 13.1. The average molecular weight is 255 g/mol. The molecule has 1 saturated carbocycles. The average Bonchev–Trinajstić information content (AvgIpc) is 2.65. The van der Waals surface area contributed by atoms with Crippen molar-refractivity contribution in [3.8, 4) is 0 Å². The van der Waals surface area contributed by atoms with Gasteiger partial charge in [0.2, 0.25) is 0 Å². The van der Waals surface area contributed by atoms with Crippen molar-refractivity contribution in [3.63, 3.8) is 0 Å². The van der Waals surface area contributed by atoms with Crippen LogP contribution < -0.4 is 5.32 Å². The molecule has 1 heterocycles. The lowest BCUT2D eigenvalue weighted by Gasteiger charge is -2.24. The summed E-state index contributed by atoms with van der Waals surface area (Å²) in [4.78, 5) is 0. The van der Waals surface area contributed by atoms with Crippen molar-refractivity contribution in [3.05, 3.63) is 30.5 Å². The van der Waals surface area contributed by atoms with Crippen LogP contribution in [0, 0.1) is 5.92 Å². The van der Waals surface area contributed by atoms with Crippen molar-refractivity contribution < 1.29 is 0 Å². The van der Waals surface area contributed by atoms with E-state index in [0.29, 0.717) is 6.04 Å². The van der Waals surface area contributed by atoms with Crippen LogP contribution in [-0.4, -0.2) is 16.2 Å². The van der Waals surface area contributed by atoms with Crippen LogP contribution in [0.2, 0.25) is 0 Å². The highest BCUT2D eigenvalue weighted by Crippen LogP contribution is 2.28. The molecule has 1 N–H and O–H groups in total. The lowest BCUT2D eigenvalue weighted by atomic mass is 9.96. The number of fused-ring (bicyclic) bond motifs is 1. The number of anilines is 1. The van der Waals surface area contributed by atoms with Gasteiger partial charge in [-0.25, -0.2) is 0 Å². The molecule has 3 heteroatoms. The Bertz CT molecular complexity index is 547. The van der Waals surface area contributed by atoms with Crippen LogP contribution in [0.25, 0.3) is 10.9 Å². The zero-order valence-corrected chi connectivity index (χ0v) is 11.5. The molecule has 1 aliphatic rings. The lowest BCUT2D eigenvalue weighted by Crippen LogP contribution is -2.26. The molecular weight excluding hydrogens is 234 g/mol. The van der Waals surface area contributed by atoms with Crippen molar-refractivity contribution in [2.75, 3.05) is 5.32 Å². The summed E-state index contributed by atoms with van der Waals surface area (Å²) in [5.74, 6) is 0.731. The Kier molecular flexibility index (Phi) is 3.62. The molecule has 1 aromatic carbocycles. The van der Waals surface area contributed by atoms with E-state index < -0.39 is 0 Å². The second-order valence-electron chi connectivity index (χ2n) is 5.64. The highest BCUT2D eigenvalue weighted by Gasteiger charge is 2.20. The van der Waals surface area contributed by atoms with Crippen LogP contribution in [-0.2, 0) is 0 Å². The first-order valence-corrected chi connectivity index (χ1v) is 7.31. The second kappa shape index (κ2) is 5.55. The molecule has 3 nitrogen and oxygen atoms in total. The molecule has 0 radical (unpaired) electrons. The summed E-state index contributed by atoms with van der Waals surface area (Å²) in [5, 5.41) is 13.2. The first-order valence-electron chi connectivity index (χ1n) is 7.31. The minimum absolute atomic E-state index is 0.565. The minimum atomic E-state index is 0.565. The topological polar surface area (TPSA) is 37.8 Å². The van der Waals surface area contributed by atoms with Gasteiger partial charge < -0.3 is 5.32 Å². The Labute approximate surface area is 114 Å². The van der Waals surface area contributed by atoms with E-state index >= 15 is 0 Å². The second-order valence-corrected chi connectivity index (χ2v) is 5.64. The van der Waals surface area contributed by atoms with Crippen LogP contribution in [0.15, 0.2) is 30.5 Å². The number of rotatable bonds is 2. The fourth-order valence-corrected chi connectivity index (χ4v) is 3.03. The van der Waals surface area contributed by atoms with Gasteiger partial charge in [-0.2, -0.15) is 10.2 Å². The molecular formula is C16H21N3. The summed E-state index contributed by atoms with van der Waals surface area (Å²) in [6.07, 6.45) is 8.52. The van der Waals surface area contributed by atoms with Crippen LogP contribution in [0.3, 0.4) is 0 Å². The van der Waals surface area contributed by atoms with E-state index in [0.717, 1.165) is 17.1 Å². The van der Waals surface area contributed by atoms with E-state index in [1.807, 2.05) is 18.3 Å². The van der Waals surface area contributed by atoms with E-state index in [1.54, 1.807) is 0 Å². The predicted molar refractivity (Wildman–Crippen MR) is 79.2 cm³/mol. The maximum absolute atomic E-state index is 4.18. The summed E-state index contributed by atoms with van der Waals surface area (Å²) in [6, 6.07) is 8.77. The Hall–Kier alpha value is -1.64. The van der Waals surface area contributed by atoms with Gasteiger partial charge in [0.1, 0.15) is 0 Å². The summed E-state index contributed by atoms with van der Waals surface area (Å²) in [5.41, 5.74) is 2.10. The van der Waals surface area contributed by atoms with E-state index in [-0.39, 0.29) is 0 Å². The summed E-state index contributed by atoms with van der Waals surface area (Å²) in [6.45, 7) is 2.36. The van der Waals surface area contributed by atoms with Gasteiger partial charge in [0.25, 0.3) is 0 Å². The van der Waals surface area contributed by atoms with E-state index in [2.05, 4.69) is 34.6 Å². The Balaban J connectivity index is 1.88. The Morgan fingerprint density at radius 1 is 1.11 bits per heavy atom. The normalized spacial score (nSPS) is 24.1. The van der Waals surface area contributed by atoms with Crippen LogP contribution in [0.5, 0.6) is 0 Å². The molecule has 1 aliphatic carbocycles. The molecule has 2 unspecified atom stereocenters. The van der Waals surface area contributed by atoms with Gasteiger partial charge >= 0.3 is 0 Å². The number of nitrogens with one attached hydrogen (secondary N) is 1. The van der Waals surface area contributed by atoms with E-state index in [1.165, 1.54) is 37.5 Å². The number of benzene rings is 1. The highest BCUT2D eigenvalue weighted by atomic mass is 15.1. The lowest BCUT2D eigenvalue weighted by molar-refractivity contribution is 0.457. The van der Waals surface area contributed by atoms with Crippen molar-refractivity contribution in [2.24, 2.45) is 5.92 Å². The molecule has 19 heavy (non-hydrogen) atoms. The number of hydrogen-bond acceptors (Lipinski definition) is 3. The molecule has 0 amide bonds. The fourth-order valence-electron chi connectivity index (χ4n) is 3.03. The van der Waals surface area contributed by atoms with Gasteiger partial charge in [0.15, 0.2) is 0 Å². The van der Waals surface area contributed by atoms with E-state index in [9.17, 15) is 0 Å². The fraction of sp³-hybridized carbons (Fsp3) is 0.500. The molecule has 1 fully saturated rings. The standard InChI is InChI=1S/C16H21N3/c1-12-7-3-2-4-9-14(12)18-16-11-17-19-15-10-6-5-8-13(15)16/h5-6,8,10-12,14H,2-4,7,9H2,1H3,(H,18,19). The number of aromatic nitrogens is 2. The number of hydrogen-bond donors (Lipinski definition) is 1. The van der Waals surface area contributed by atoms with Gasteiger partial charge in [-0.3, -0.25) is 0 Å². The SMILES string of the molecule is CC1CCCCCC1Nc1cnnc2ccccc12. The number of nitrogens with zero attached hydrogens (tertiary/aromatic N) is 2. The smallest absolute Gasteiger partial charge is 0.0950 e. The van der Waals surface area contributed by atoms with Crippen LogP contribution >= 0.6 is 0 Å². The molecule has 0 bridgehead atoms. The van der Waals surface area contributed by atoms with Gasteiger partial charge in [-0.1, -0.05) is 44.4 Å². The molecule has 100 valence electrons. The molecule has 0 saturated heterocycles. The summed E-state index contributed by atoms with van der Waals surface area (Å²) < 4.78 is 0. The van der Waals surface area contributed by atoms with Gasteiger partial charge in [-0.05, 0) is 24.8 Å². The van der Waals surface area contributed by atoms with Gasteiger partial charge in [-0.15, -0.1) is 0 Å². The molecule has 0 aliphatic heterocycles. The Morgan fingerprint density at radius 3 is 2.89 bits per heavy atom. The van der Waals surface area contributed by atoms with E-state index in [4.69, 9.17) is 0 Å². The third-order valence-electron chi connectivity index (χ3n) is 4.25.